The summed E-state index contributed by atoms with van der Waals surface area (Å²) in [6.45, 7) is 0. The van der Waals surface area contributed by atoms with Gasteiger partial charge in [0, 0.05) is 30.5 Å². The summed E-state index contributed by atoms with van der Waals surface area (Å²) in [5, 5.41) is 0. The highest BCUT2D eigenvalue weighted by molar-refractivity contribution is 6.13. The average molecular weight is 446 g/mol. The molecule has 2 aromatic heterocycles. The van der Waals surface area contributed by atoms with Crippen molar-refractivity contribution in [1.29, 1.82) is 0 Å². The van der Waals surface area contributed by atoms with Crippen LogP contribution in [0.3, 0.4) is 0 Å². The summed E-state index contributed by atoms with van der Waals surface area (Å²) in [4.78, 5) is 24.4. The van der Waals surface area contributed by atoms with Crippen molar-refractivity contribution in [3.63, 3.8) is 0 Å². The van der Waals surface area contributed by atoms with Crippen molar-refractivity contribution < 1.29 is 10.3 Å². The number of para-hydroxylation sites is 2. The molecule has 0 aliphatic carbocycles. The number of halogens is 1. The van der Waals surface area contributed by atoms with Gasteiger partial charge in [0.1, 0.15) is 0 Å². The Bertz CT molecular complexity index is 1130. The van der Waals surface area contributed by atoms with Crippen LogP contribution in [0.15, 0.2) is 104 Å². The lowest BCUT2D eigenvalue weighted by Crippen LogP contribution is -2.42. The lowest BCUT2D eigenvalue weighted by atomic mass is 9.72. The minimum Gasteiger partial charge on any atom is -0.412 e. The van der Waals surface area contributed by atoms with Gasteiger partial charge in [-0.2, -0.15) is 0 Å². The van der Waals surface area contributed by atoms with E-state index in [4.69, 9.17) is 0 Å². The molecule has 1 aliphatic heterocycles. The number of pyridine rings is 2. The smallest absolute Gasteiger partial charge is 0.242 e. The van der Waals surface area contributed by atoms with E-state index in [0.29, 0.717) is 12.8 Å². The van der Waals surface area contributed by atoms with Crippen LogP contribution in [0, 0.1) is 0 Å². The zero-order valence-electron chi connectivity index (χ0n) is 17.4. The van der Waals surface area contributed by atoms with E-state index in [9.17, 15) is 4.79 Å². The van der Waals surface area contributed by atoms with Gasteiger partial charge in [-0.15, -0.1) is 12.4 Å². The van der Waals surface area contributed by atoms with Crippen LogP contribution in [0.4, 0.5) is 11.4 Å². The summed E-state index contributed by atoms with van der Waals surface area (Å²) in [6, 6.07) is 26.0. The number of anilines is 2. The van der Waals surface area contributed by atoms with Crippen molar-refractivity contribution in [2.24, 2.45) is 0 Å². The first kappa shape index (κ1) is 23.1. The molecule has 0 bridgehead atoms. The number of amides is 1. The molecule has 2 N–H and O–H groups in total. The average Bonchev–Trinajstić information content (AvgIpc) is 3.04. The molecule has 0 saturated carbocycles. The van der Waals surface area contributed by atoms with Gasteiger partial charge in [0.2, 0.25) is 5.91 Å². The van der Waals surface area contributed by atoms with Crippen molar-refractivity contribution in [2.45, 2.75) is 18.3 Å². The quantitative estimate of drug-likeness (QED) is 0.454. The summed E-state index contributed by atoms with van der Waals surface area (Å²) in [6.07, 6.45) is 8.37. The van der Waals surface area contributed by atoms with Crippen molar-refractivity contribution >= 4 is 29.7 Å². The van der Waals surface area contributed by atoms with Crippen LogP contribution in [0.1, 0.15) is 16.7 Å². The molecule has 0 fully saturated rings. The largest absolute Gasteiger partial charge is 0.412 e. The van der Waals surface area contributed by atoms with E-state index in [1.165, 1.54) is 0 Å². The summed E-state index contributed by atoms with van der Waals surface area (Å²) < 4.78 is 0. The lowest BCUT2D eigenvalue weighted by molar-refractivity contribution is -0.122. The number of benzene rings is 2. The normalized spacial score (nSPS) is 13.6. The molecule has 0 spiro atoms. The minimum atomic E-state index is -0.699. The number of nitrogens with zero attached hydrogens (tertiary/aromatic N) is 3. The first-order valence-electron chi connectivity index (χ1n) is 10.0. The fourth-order valence-electron chi connectivity index (χ4n) is 4.45. The number of hydrogen-bond acceptors (Lipinski definition) is 3. The van der Waals surface area contributed by atoms with Crippen LogP contribution in [0.5, 0.6) is 0 Å². The predicted molar refractivity (Wildman–Crippen MR) is 128 cm³/mol. The van der Waals surface area contributed by atoms with Crippen LogP contribution < -0.4 is 4.90 Å². The highest BCUT2D eigenvalue weighted by Gasteiger charge is 2.51. The van der Waals surface area contributed by atoms with E-state index in [1.807, 2.05) is 77.7 Å². The van der Waals surface area contributed by atoms with Crippen LogP contribution in [0.25, 0.3) is 0 Å². The molecule has 6 heteroatoms. The lowest BCUT2D eigenvalue weighted by Gasteiger charge is -2.29. The number of fused-ring (bicyclic) bond motifs is 1. The van der Waals surface area contributed by atoms with E-state index in [2.05, 4.69) is 16.0 Å². The van der Waals surface area contributed by atoms with Gasteiger partial charge >= 0.3 is 0 Å². The monoisotopic (exact) mass is 445 g/mol. The summed E-state index contributed by atoms with van der Waals surface area (Å²) in [5.74, 6) is 0.100. The SMILES string of the molecule is Cl.O.O=C1N(c2ccccc2)c2ccccc2C1(Cc1ccncc1)Cc1ccncc1. The molecule has 0 unspecified atom stereocenters. The Morgan fingerprint density at radius 3 is 1.75 bits per heavy atom. The molecule has 5 rings (SSSR count). The molecule has 1 aliphatic rings. The highest BCUT2D eigenvalue weighted by atomic mass is 35.5. The Hall–Kier alpha value is -3.54. The third kappa shape index (κ3) is 4.00. The van der Waals surface area contributed by atoms with Gasteiger partial charge < -0.3 is 5.48 Å². The van der Waals surface area contributed by atoms with Gasteiger partial charge in [-0.3, -0.25) is 19.7 Å². The second-order valence-electron chi connectivity index (χ2n) is 7.64. The predicted octanol–water partition coefficient (Wildman–Crippen LogP) is 4.48. The van der Waals surface area contributed by atoms with Gasteiger partial charge in [-0.1, -0.05) is 36.4 Å². The fourth-order valence-corrected chi connectivity index (χ4v) is 4.45. The number of carbonyl (C=O) groups excluding carboxylic acids is 1. The number of carbonyl (C=O) groups is 1. The Morgan fingerprint density at radius 2 is 1.19 bits per heavy atom. The van der Waals surface area contributed by atoms with E-state index < -0.39 is 5.41 Å². The Balaban J connectivity index is 0.00000144. The third-order valence-electron chi connectivity index (χ3n) is 5.80. The van der Waals surface area contributed by atoms with E-state index in [0.717, 1.165) is 28.1 Å². The maximum absolute atomic E-state index is 14.2. The second-order valence-corrected chi connectivity index (χ2v) is 7.64. The molecule has 2 aromatic carbocycles. The second kappa shape index (κ2) is 9.73. The molecule has 3 heterocycles. The molecular weight excluding hydrogens is 422 g/mol. The number of rotatable bonds is 5. The van der Waals surface area contributed by atoms with E-state index >= 15 is 0 Å². The molecule has 0 saturated heterocycles. The molecule has 0 atom stereocenters. The van der Waals surface area contributed by atoms with Gasteiger partial charge in [-0.25, -0.2) is 0 Å². The standard InChI is InChI=1S/C26H21N3O.ClH.H2O/c30-25-26(18-20-10-14-27-15-11-20,19-21-12-16-28-17-13-21)23-8-4-5-9-24(23)29(25)22-6-2-1-3-7-22;;/h1-17H,18-19H2;1H;1H2. The van der Waals surface area contributed by atoms with Crippen LogP contribution in [-0.2, 0) is 23.1 Å². The molecule has 0 radical (unpaired) electrons. The number of hydrogen-bond donors (Lipinski definition) is 0. The molecule has 1 amide bonds. The summed E-state index contributed by atoms with van der Waals surface area (Å²) >= 11 is 0. The van der Waals surface area contributed by atoms with Crippen molar-refractivity contribution in [3.05, 3.63) is 120 Å². The van der Waals surface area contributed by atoms with Crippen molar-refractivity contribution in [2.75, 3.05) is 4.90 Å². The highest BCUT2D eigenvalue weighted by Crippen LogP contribution is 2.48. The van der Waals surface area contributed by atoms with Gasteiger partial charge in [0.25, 0.3) is 0 Å². The first-order chi connectivity index (χ1) is 14.8. The van der Waals surface area contributed by atoms with Crippen molar-refractivity contribution in [1.82, 2.24) is 9.97 Å². The van der Waals surface area contributed by atoms with Gasteiger partial charge in [0.15, 0.2) is 0 Å². The Kier molecular flexibility index (Phi) is 7.03. The molecular formula is C26H24ClN3O2. The third-order valence-corrected chi connectivity index (χ3v) is 5.80. The molecule has 162 valence electrons. The zero-order chi connectivity index (χ0) is 20.4. The summed E-state index contributed by atoms with van der Waals surface area (Å²) in [5.41, 5.74) is 4.40. The van der Waals surface area contributed by atoms with Crippen LogP contribution in [0.2, 0.25) is 0 Å². The number of aromatic nitrogens is 2. The fraction of sp³-hybridized carbons (Fsp3) is 0.115. The minimum absolute atomic E-state index is 0. The van der Waals surface area contributed by atoms with Crippen LogP contribution >= 0.6 is 12.4 Å². The Morgan fingerprint density at radius 1 is 0.688 bits per heavy atom. The molecule has 4 aromatic rings. The van der Waals surface area contributed by atoms with E-state index in [1.54, 1.807) is 24.8 Å². The zero-order valence-corrected chi connectivity index (χ0v) is 18.2. The topological polar surface area (TPSA) is 77.6 Å². The molecule has 32 heavy (non-hydrogen) atoms. The first-order valence-corrected chi connectivity index (χ1v) is 10.0. The van der Waals surface area contributed by atoms with Crippen molar-refractivity contribution in [3.8, 4) is 0 Å². The maximum atomic E-state index is 14.2. The molecule has 5 nitrogen and oxygen atoms in total. The summed E-state index contributed by atoms with van der Waals surface area (Å²) in [7, 11) is 0. The van der Waals surface area contributed by atoms with E-state index in [-0.39, 0.29) is 23.8 Å². The van der Waals surface area contributed by atoms with Gasteiger partial charge in [-0.05, 0) is 72.0 Å². The van der Waals surface area contributed by atoms with Crippen LogP contribution in [-0.4, -0.2) is 21.4 Å². The maximum Gasteiger partial charge on any atom is 0.242 e. The Labute approximate surface area is 193 Å². The van der Waals surface area contributed by atoms with Gasteiger partial charge in [0.05, 0.1) is 11.1 Å².